The number of fused-ring (bicyclic) bond motifs is 2. The number of hydrogen-bond donors (Lipinski definition) is 2. The number of non-ortho nitro benzene ring substituents is 1. The molecule has 1 aromatic heterocycles. The summed E-state index contributed by atoms with van der Waals surface area (Å²) < 4.78 is 7.67. The van der Waals surface area contributed by atoms with Gasteiger partial charge in [0, 0.05) is 41.3 Å². The lowest BCUT2D eigenvalue weighted by molar-refractivity contribution is -0.786. The molecular formula is C30H29N3O5+2. The predicted octanol–water partition coefficient (Wildman–Crippen LogP) is 4.47. The number of phenolic OH excluding ortho intramolecular Hbond substituents is 1. The van der Waals surface area contributed by atoms with Crippen LogP contribution < -0.4 is 10.5 Å². The summed E-state index contributed by atoms with van der Waals surface area (Å²) in [6, 6.07) is 19.6. The Labute approximate surface area is 219 Å². The van der Waals surface area contributed by atoms with Gasteiger partial charge in [-0.1, -0.05) is 18.2 Å². The lowest BCUT2D eigenvalue weighted by Gasteiger charge is -2.15. The Kier molecular flexibility index (Phi) is 6.20. The molecular weight excluding hydrogens is 482 g/mol. The van der Waals surface area contributed by atoms with E-state index in [-0.39, 0.29) is 18.0 Å². The second-order valence-corrected chi connectivity index (χ2v) is 10.3. The number of nitrogens with one attached hydrogen (secondary N) is 1. The average Bonchev–Trinajstić information content (AvgIpc) is 3.09. The molecule has 0 fully saturated rings. The van der Waals surface area contributed by atoms with Gasteiger partial charge in [0.1, 0.15) is 17.0 Å². The summed E-state index contributed by atoms with van der Waals surface area (Å²) in [6.07, 6.45) is 3.64. The van der Waals surface area contributed by atoms with Crippen LogP contribution >= 0.6 is 0 Å². The van der Waals surface area contributed by atoms with E-state index in [1.165, 1.54) is 18.2 Å². The smallest absolute Gasteiger partial charge is 0.343 e. The standard InChI is InChI=1S/C30H27N3O5/c1-30(2)24-7-5-6-8-25(24)32(18-21-16-23(33(36)37)12-13-26(21)34)28(30)14-10-20-15-19-9-11-22(31(3)4)17-27(19)38-29(20)35/h5-17H,18H2,1-4H3/p+2. The third-order valence-electron chi connectivity index (χ3n) is 7.16. The van der Waals surface area contributed by atoms with E-state index in [2.05, 4.69) is 13.8 Å². The van der Waals surface area contributed by atoms with Crippen molar-refractivity contribution in [1.29, 1.82) is 0 Å². The molecule has 38 heavy (non-hydrogen) atoms. The van der Waals surface area contributed by atoms with Crippen molar-refractivity contribution in [2.24, 2.45) is 0 Å². The van der Waals surface area contributed by atoms with Gasteiger partial charge in [0.15, 0.2) is 12.3 Å². The second kappa shape index (κ2) is 9.39. The number of allylic oxidation sites excluding steroid dienone is 1. The number of nitro groups is 1. The Morgan fingerprint density at radius 3 is 2.55 bits per heavy atom. The summed E-state index contributed by atoms with van der Waals surface area (Å²) >= 11 is 0. The normalized spacial score (nSPS) is 14.6. The number of nitro benzene ring substituents is 1. The third-order valence-corrected chi connectivity index (χ3v) is 7.16. The highest BCUT2D eigenvalue weighted by molar-refractivity contribution is 6.05. The molecule has 4 aromatic rings. The Hall–Kier alpha value is -4.56. The number of quaternary nitrogens is 1. The second-order valence-electron chi connectivity index (χ2n) is 10.3. The maximum absolute atomic E-state index is 12.9. The molecule has 8 heteroatoms. The van der Waals surface area contributed by atoms with Crippen LogP contribution in [0.25, 0.3) is 17.0 Å². The minimum atomic E-state index is -0.475. The Morgan fingerprint density at radius 1 is 1.05 bits per heavy atom. The van der Waals surface area contributed by atoms with Crippen molar-refractivity contribution in [2.45, 2.75) is 25.8 Å². The van der Waals surface area contributed by atoms with Crippen molar-refractivity contribution in [3.8, 4) is 5.75 Å². The first-order valence-electron chi connectivity index (χ1n) is 12.3. The number of aromatic hydroxyl groups is 1. The zero-order chi connectivity index (χ0) is 27.2. The van der Waals surface area contributed by atoms with Crippen molar-refractivity contribution in [1.82, 2.24) is 0 Å². The Balaban J connectivity index is 1.62. The van der Waals surface area contributed by atoms with E-state index in [4.69, 9.17) is 4.42 Å². The maximum atomic E-state index is 12.9. The molecule has 5 rings (SSSR count). The quantitative estimate of drug-likeness (QED) is 0.172. The highest BCUT2D eigenvalue weighted by Gasteiger charge is 2.44. The molecule has 0 radical (unpaired) electrons. The van der Waals surface area contributed by atoms with Gasteiger partial charge in [0.25, 0.3) is 5.69 Å². The number of nitrogens with zero attached hydrogens (tertiary/aromatic N) is 2. The zero-order valence-electron chi connectivity index (χ0n) is 21.7. The van der Waals surface area contributed by atoms with E-state index in [0.29, 0.717) is 16.7 Å². The number of rotatable bonds is 6. The molecule has 1 aliphatic heterocycles. The minimum absolute atomic E-state index is 0.0183. The number of para-hydroxylation sites is 1. The third kappa shape index (κ3) is 4.39. The van der Waals surface area contributed by atoms with Crippen molar-refractivity contribution in [3.05, 3.63) is 110 Å². The topological polar surface area (TPSA) is 101 Å². The van der Waals surface area contributed by atoms with Crippen molar-refractivity contribution >= 4 is 39.8 Å². The van der Waals surface area contributed by atoms with E-state index in [1.807, 2.05) is 73.3 Å². The van der Waals surface area contributed by atoms with E-state index < -0.39 is 16.0 Å². The highest BCUT2D eigenvalue weighted by Crippen LogP contribution is 2.41. The van der Waals surface area contributed by atoms with Crippen LogP contribution in [0.5, 0.6) is 5.75 Å². The van der Waals surface area contributed by atoms with Crippen molar-refractivity contribution in [3.63, 3.8) is 0 Å². The van der Waals surface area contributed by atoms with E-state index >= 15 is 0 Å². The predicted molar refractivity (Wildman–Crippen MR) is 147 cm³/mol. The van der Waals surface area contributed by atoms with E-state index in [0.717, 1.165) is 32.9 Å². The molecule has 0 spiro atoms. The molecule has 0 saturated carbocycles. The summed E-state index contributed by atoms with van der Waals surface area (Å²) in [6.45, 7) is 4.40. The molecule has 0 bridgehead atoms. The summed E-state index contributed by atoms with van der Waals surface area (Å²) in [5, 5.41) is 22.7. The number of benzene rings is 3. The lowest BCUT2D eigenvalue weighted by atomic mass is 9.81. The molecule has 1 aliphatic rings. The first kappa shape index (κ1) is 25.1. The molecule has 0 aliphatic carbocycles. The lowest BCUT2D eigenvalue weighted by Crippen LogP contribution is -3.00. The minimum Gasteiger partial charge on any atom is -0.507 e. The molecule has 0 saturated heterocycles. The van der Waals surface area contributed by atoms with Gasteiger partial charge in [0.2, 0.25) is 5.69 Å². The summed E-state index contributed by atoms with van der Waals surface area (Å²) in [7, 11) is 4.02. The highest BCUT2D eigenvalue weighted by atomic mass is 16.6. The number of phenols is 1. The maximum Gasteiger partial charge on any atom is 0.343 e. The zero-order valence-corrected chi connectivity index (χ0v) is 21.7. The van der Waals surface area contributed by atoms with E-state index in [1.54, 1.807) is 6.08 Å². The van der Waals surface area contributed by atoms with Gasteiger partial charge in [0.05, 0.1) is 35.6 Å². The summed E-state index contributed by atoms with van der Waals surface area (Å²) in [5.74, 6) is -0.0183. The van der Waals surface area contributed by atoms with Gasteiger partial charge in [-0.15, -0.1) is 0 Å². The van der Waals surface area contributed by atoms with Crippen LogP contribution in [0.4, 0.5) is 17.1 Å². The molecule has 3 aromatic carbocycles. The van der Waals surface area contributed by atoms with Crippen molar-refractivity contribution in [2.75, 3.05) is 14.1 Å². The monoisotopic (exact) mass is 511 g/mol. The largest absolute Gasteiger partial charge is 0.507 e. The van der Waals surface area contributed by atoms with Gasteiger partial charge in [-0.25, -0.2) is 4.79 Å². The number of hydrogen-bond acceptors (Lipinski definition) is 5. The van der Waals surface area contributed by atoms with Crippen molar-refractivity contribution < 1.29 is 23.9 Å². The first-order chi connectivity index (χ1) is 18.1. The molecule has 2 heterocycles. The average molecular weight is 512 g/mol. The van der Waals surface area contributed by atoms with E-state index in [9.17, 15) is 20.0 Å². The first-order valence-corrected chi connectivity index (χ1v) is 12.3. The fraction of sp³-hybridized carbons (Fsp3) is 0.200. The van der Waals surface area contributed by atoms with Gasteiger partial charge in [-0.2, -0.15) is 4.58 Å². The molecule has 0 unspecified atom stereocenters. The molecule has 8 nitrogen and oxygen atoms in total. The van der Waals surface area contributed by atoms with Crippen LogP contribution in [0.2, 0.25) is 0 Å². The summed E-state index contributed by atoms with van der Waals surface area (Å²) in [5.41, 5.74) is 4.35. The van der Waals surface area contributed by atoms with Crippen LogP contribution in [0.1, 0.15) is 30.5 Å². The molecule has 0 amide bonds. The Bertz CT molecular complexity index is 1710. The molecule has 192 valence electrons. The van der Waals surface area contributed by atoms with Gasteiger partial charge in [-0.3, -0.25) is 10.1 Å². The van der Waals surface area contributed by atoms with Gasteiger partial charge in [-0.05, 0) is 44.2 Å². The Morgan fingerprint density at radius 2 is 1.82 bits per heavy atom. The van der Waals surface area contributed by atoms with Crippen LogP contribution in [-0.4, -0.2) is 34.4 Å². The summed E-state index contributed by atoms with van der Waals surface area (Å²) in [4.78, 5) is 24.9. The van der Waals surface area contributed by atoms with Gasteiger partial charge >= 0.3 is 5.63 Å². The van der Waals surface area contributed by atoms with Crippen LogP contribution in [-0.2, 0) is 12.0 Å². The van der Waals surface area contributed by atoms with Gasteiger partial charge < -0.3 is 14.4 Å². The molecule has 2 N–H and O–H groups in total. The fourth-order valence-electron chi connectivity index (χ4n) is 5.02. The van der Waals surface area contributed by atoms with Crippen LogP contribution in [0.3, 0.4) is 0 Å². The fourth-order valence-corrected chi connectivity index (χ4v) is 5.02. The molecule has 0 atom stereocenters. The van der Waals surface area contributed by atoms with Crippen LogP contribution in [0, 0.1) is 10.1 Å². The SMILES string of the molecule is C[NH+](C)c1ccc2cc(C=CC3=[N+](Cc4cc([N+](=O)[O-])ccc4O)c4ccccc4C3(C)C)c(=O)oc2c1. The van der Waals surface area contributed by atoms with Crippen LogP contribution in [0.15, 0.2) is 82.0 Å².